The quantitative estimate of drug-likeness (QED) is 0.869. The van der Waals surface area contributed by atoms with Crippen LogP contribution in [0.2, 0.25) is 0 Å². The molecule has 1 aromatic rings. The Balaban J connectivity index is 1.73. The van der Waals surface area contributed by atoms with Crippen molar-refractivity contribution < 1.29 is 9.53 Å². The largest absolute Gasteiger partial charge is 0.444 e. The van der Waals surface area contributed by atoms with E-state index in [1.54, 1.807) is 4.90 Å². The van der Waals surface area contributed by atoms with Crippen molar-refractivity contribution in [3.63, 3.8) is 0 Å². The number of carbonyl (C=O) groups is 1. The van der Waals surface area contributed by atoms with Crippen LogP contribution in [-0.4, -0.2) is 36.2 Å². The van der Waals surface area contributed by atoms with E-state index in [4.69, 9.17) is 11.2 Å². The molecule has 1 aliphatic rings. The summed E-state index contributed by atoms with van der Waals surface area (Å²) in [6, 6.07) is 7.78. The van der Waals surface area contributed by atoms with Crippen LogP contribution >= 0.6 is 0 Å². The second kappa shape index (κ2) is 6.09. The minimum absolute atomic E-state index is 0.229. The molecular weight excluding hydrogens is 264 g/mol. The highest BCUT2D eigenvalue weighted by molar-refractivity contribution is 5.69. The Bertz CT molecular complexity index is 549. The third-order valence-electron chi connectivity index (χ3n) is 3.23. The van der Waals surface area contributed by atoms with Gasteiger partial charge in [-0.25, -0.2) is 4.79 Å². The summed E-state index contributed by atoms with van der Waals surface area (Å²) in [4.78, 5) is 13.5. The predicted octanol–water partition coefficient (Wildman–Crippen LogP) is 2.95. The van der Waals surface area contributed by atoms with Gasteiger partial charge in [0, 0.05) is 36.8 Å². The fraction of sp³-hybridized carbons (Fsp3) is 0.471. The van der Waals surface area contributed by atoms with E-state index in [1.807, 2.05) is 45.0 Å². The monoisotopic (exact) mass is 286 g/mol. The topological polar surface area (TPSA) is 41.6 Å². The first-order valence-electron chi connectivity index (χ1n) is 7.16. The van der Waals surface area contributed by atoms with Gasteiger partial charge in [-0.15, -0.1) is 6.42 Å². The van der Waals surface area contributed by atoms with Crippen molar-refractivity contribution in [3.8, 4) is 12.3 Å². The van der Waals surface area contributed by atoms with Gasteiger partial charge in [-0.2, -0.15) is 0 Å². The molecule has 4 nitrogen and oxygen atoms in total. The SMILES string of the molecule is C#Cc1cccc(NCC2CN(C(=O)OC(C)(C)C)C2)c1. The summed E-state index contributed by atoms with van der Waals surface area (Å²) in [5.74, 6) is 3.07. The minimum atomic E-state index is -0.434. The van der Waals surface area contributed by atoms with E-state index in [2.05, 4.69) is 11.2 Å². The molecule has 1 aliphatic heterocycles. The van der Waals surface area contributed by atoms with E-state index < -0.39 is 5.60 Å². The van der Waals surface area contributed by atoms with Crippen molar-refractivity contribution in [1.82, 2.24) is 4.90 Å². The third-order valence-corrected chi connectivity index (χ3v) is 3.23. The molecule has 21 heavy (non-hydrogen) atoms. The lowest BCUT2D eigenvalue weighted by atomic mass is 10.0. The van der Waals surface area contributed by atoms with Crippen LogP contribution in [0.25, 0.3) is 0 Å². The molecule has 2 rings (SSSR count). The van der Waals surface area contributed by atoms with Gasteiger partial charge in [-0.1, -0.05) is 12.0 Å². The molecule has 0 radical (unpaired) electrons. The second-order valence-electron chi connectivity index (χ2n) is 6.36. The summed E-state index contributed by atoms with van der Waals surface area (Å²) in [6.45, 7) is 7.92. The van der Waals surface area contributed by atoms with E-state index in [0.29, 0.717) is 5.92 Å². The summed E-state index contributed by atoms with van der Waals surface area (Å²) >= 11 is 0. The molecule has 0 spiro atoms. The highest BCUT2D eigenvalue weighted by atomic mass is 16.6. The third kappa shape index (κ3) is 4.42. The van der Waals surface area contributed by atoms with E-state index in [-0.39, 0.29) is 6.09 Å². The molecule has 1 saturated heterocycles. The van der Waals surface area contributed by atoms with Gasteiger partial charge in [0.1, 0.15) is 5.60 Å². The van der Waals surface area contributed by atoms with Gasteiger partial charge in [0.15, 0.2) is 0 Å². The van der Waals surface area contributed by atoms with Crippen molar-refractivity contribution >= 4 is 11.8 Å². The normalized spacial score (nSPS) is 15.0. The summed E-state index contributed by atoms with van der Waals surface area (Å²) in [5, 5.41) is 3.35. The molecule has 1 aromatic carbocycles. The summed E-state index contributed by atoms with van der Waals surface area (Å²) in [5.41, 5.74) is 1.45. The first kappa shape index (κ1) is 15.2. The Morgan fingerprint density at radius 1 is 1.48 bits per heavy atom. The van der Waals surface area contributed by atoms with Gasteiger partial charge in [0.05, 0.1) is 0 Å². The Labute approximate surface area is 126 Å². The zero-order valence-electron chi connectivity index (χ0n) is 12.8. The van der Waals surface area contributed by atoms with Crippen molar-refractivity contribution in [1.29, 1.82) is 0 Å². The van der Waals surface area contributed by atoms with Crippen LogP contribution in [0.15, 0.2) is 24.3 Å². The van der Waals surface area contributed by atoms with Crippen LogP contribution in [0.5, 0.6) is 0 Å². The molecule has 112 valence electrons. The van der Waals surface area contributed by atoms with Gasteiger partial charge in [-0.05, 0) is 39.0 Å². The fourth-order valence-electron chi connectivity index (χ4n) is 2.16. The van der Waals surface area contributed by atoms with Crippen LogP contribution in [0.1, 0.15) is 26.3 Å². The van der Waals surface area contributed by atoms with E-state index in [9.17, 15) is 4.79 Å². The molecule has 0 aliphatic carbocycles. The predicted molar refractivity (Wildman–Crippen MR) is 84.2 cm³/mol. The lowest BCUT2D eigenvalue weighted by molar-refractivity contribution is 0.000848. The molecule has 1 N–H and O–H groups in total. The smallest absolute Gasteiger partial charge is 0.410 e. The number of terminal acetylenes is 1. The van der Waals surface area contributed by atoms with Crippen molar-refractivity contribution in [2.24, 2.45) is 5.92 Å². The maximum absolute atomic E-state index is 11.8. The number of anilines is 1. The van der Waals surface area contributed by atoms with Crippen molar-refractivity contribution in [2.75, 3.05) is 25.0 Å². The Hall–Kier alpha value is -2.15. The molecule has 1 amide bonds. The molecule has 0 atom stereocenters. The average molecular weight is 286 g/mol. The molecule has 1 heterocycles. The Morgan fingerprint density at radius 2 is 2.19 bits per heavy atom. The number of likely N-dealkylation sites (tertiary alicyclic amines) is 1. The number of nitrogens with zero attached hydrogens (tertiary/aromatic N) is 1. The lowest BCUT2D eigenvalue weighted by Gasteiger charge is -2.40. The minimum Gasteiger partial charge on any atom is -0.444 e. The lowest BCUT2D eigenvalue weighted by Crippen LogP contribution is -2.53. The van der Waals surface area contributed by atoms with Crippen LogP contribution in [-0.2, 0) is 4.74 Å². The molecule has 0 unspecified atom stereocenters. The van der Waals surface area contributed by atoms with Crippen LogP contribution < -0.4 is 5.32 Å². The zero-order chi connectivity index (χ0) is 15.5. The Kier molecular flexibility index (Phi) is 4.42. The van der Waals surface area contributed by atoms with Gasteiger partial charge < -0.3 is 15.0 Å². The highest BCUT2D eigenvalue weighted by Gasteiger charge is 2.33. The Morgan fingerprint density at radius 3 is 2.81 bits per heavy atom. The molecule has 0 saturated carbocycles. The molecule has 0 aromatic heterocycles. The number of benzene rings is 1. The molecule has 4 heteroatoms. The molecule has 0 bridgehead atoms. The number of ether oxygens (including phenoxy) is 1. The zero-order valence-corrected chi connectivity index (χ0v) is 12.8. The maximum Gasteiger partial charge on any atom is 0.410 e. The number of hydrogen-bond donors (Lipinski definition) is 1. The van der Waals surface area contributed by atoms with E-state index in [1.165, 1.54) is 0 Å². The maximum atomic E-state index is 11.8. The van der Waals surface area contributed by atoms with Crippen molar-refractivity contribution in [2.45, 2.75) is 26.4 Å². The number of carbonyl (C=O) groups excluding carboxylic acids is 1. The molecule has 1 fully saturated rings. The summed E-state index contributed by atoms with van der Waals surface area (Å²) in [7, 11) is 0. The average Bonchev–Trinajstić information content (AvgIpc) is 2.35. The van der Waals surface area contributed by atoms with Gasteiger partial charge in [0.25, 0.3) is 0 Å². The van der Waals surface area contributed by atoms with E-state index >= 15 is 0 Å². The van der Waals surface area contributed by atoms with Gasteiger partial charge in [-0.3, -0.25) is 0 Å². The van der Waals surface area contributed by atoms with Gasteiger partial charge in [0.2, 0.25) is 0 Å². The van der Waals surface area contributed by atoms with Crippen LogP contribution in [0.3, 0.4) is 0 Å². The molecular formula is C17H22N2O2. The van der Waals surface area contributed by atoms with Crippen LogP contribution in [0, 0.1) is 18.3 Å². The van der Waals surface area contributed by atoms with E-state index in [0.717, 1.165) is 30.9 Å². The number of nitrogens with one attached hydrogen (secondary N) is 1. The highest BCUT2D eigenvalue weighted by Crippen LogP contribution is 2.20. The van der Waals surface area contributed by atoms with Crippen molar-refractivity contribution in [3.05, 3.63) is 29.8 Å². The summed E-state index contributed by atoms with van der Waals surface area (Å²) in [6.07, 6.45) is 5.15. The summed E-state index contributed by atoms with van der Waals surface area (Å²) < 4.78 is 5.33. The first-order chi connectivity index (χ1) is 9.87. The number of amides is 1. The van der Waals surface area contributed by atoms with Gasteiger partial charge >= 0.3 is 6.09 Å². The van der Waals surface area contributed by atoms with Crippen LogP contribution in [0.4, 0.5) is 10.5 Å². The number of hydrogen-bond acceptors (Lipinski definition) is 3. The fourth-order valence-corrected chi connectivity index (χ4v) is 2.16. The number of rotatable bonds is 3. The first-order valence-corrected chi connectivity index (χ1v) is 7.16. The standard InChI is InChI=1S/C17H22N2O2/c1-5-13-7-6-8-15(9-13)18-10-14-11-19(12-14)16(20)21-17(2,3)4/h1,6-9,14,18H,10-12H2,2-4H3. The second-order valence-corrected chi connectivity index (χ2v) is 6.36.